The zero-order valence-electron chi connectivity index (χ0n) is 16.7. The summed E-state index contributed by atoms with van der Waals surface area (Å²) in [6, 6.07) is 5.50. The van der Waals surface area contributed by atoms with Crippen LogP contribution < -0.4 is 11.5 Å². The Bertz CT molecular complexity index is 740. The van der Waals surface area contributed by atoms with E-state index in [0.29, 0.717) is 18.7 Å². The molecule has 0 bridgehead atoms. The van der Waals surface area contributed by atoms with Gasteiger partial charge in [0, 0.05) is 24.8 Å². The molecule has 6 nitrogen and oxygen atoms in total. The summed E-state index contributed by atoms with van der Waals surface area (Å²) in [7, 11) is -3.75. The average Bonchev–Trinajstić information content (AvgIpc) is 2.60. The van der Waals surface area contributed by atoms with Gasteiger partial charge in [0.15, 0.2) is 0 Å². The van der Waals surface area contributed by atoms with E-state index in [9.17, 15) is 13.5 Å². The molecule has 0 aliphatic rings. The van der Waals surface area contributed by atoms with Gasteiger partial charge in [0.1, 0.15) is 0 Å². The van der Waals surface area contributed by atoms with Crippen LogP contribution in [-0.2, 0) is 10.0 Å². The van der Waals surface area contributed by atoms with Crippen molar-refractivity contribution in [3.63, 3.8) is 0 Å². The Morgan fingerprint density at radius 3 is 2.26 bits per heavy atom. The van der Waals surface area contributed by atoms with Crippen LogP contribution >= 0.6 is 0 Å². The van der Waals surface area contributed by atoms with Crippen LogP contribution in [0.5, 0.6) is 0 Å². The van der Waals surface area contributed by atoms with Crippen LogP contribution in [0.15, 0.2) is 53.0 Å². The molecule has 2 unspecified atom stereocenters. The fourth-order valence-electron chi connectivity index (χ4n) is 2.72. The van der Waals surface area contributed by atoms with Crippen molar-refractivity contribution in [3.8, 4) is 0 Å². The van der Waals surface area contributed by atoms with Gasteiger partial charge in [0.05, 0.1) is 11.0 Å². The summed E-state index contributed by atoms with van der Waals surface area (Å²) in [6.07, 6.45) is 5.27. The lowest BCUT2D eigenvalue weighted by Crippen LogP contribution is -2.46. The maximum atomic E-state index is 13.0. The number of aliphatic hydroxyl groups is 1. The van der Waals surface area contributed by atoms with Gasteiger partial charge in [-0.25, -0.2) is 8.42 Å². The highest BCUT2D eigenvalue weighted by Crippen LogP contribution is 2.20. The van der Waals surface area contributed by atoms with Crippen LogP contribution in [0, 0.1) is 5.92 Å². The van der Waals surface area contributed by atoms with E-state index in [4.69, 9.17) is 11.5 Å². The normalized spacial score (nSPS) is 15.6. The molecule has 1 aromatic carbocycles. The van der Waals surface area contributed by atoms with Gasteiger partial charge < -0.3 is 16.6 Å². The second kappa shape index (κ2) is 10.6. The highest BCUT2D eigenvalue weighted by atomic mass is 32.2. The van der Waals surface area contributed by atoms with E-state index in [2.05, 4.69) is 0 Å². The monoisotopic (exact) mass is 395 g/mol. The predicted molar refractivity (Wildman–Crippen MR) is 112 cm³/mol. The SMILES string of the molecule is CC=CC(=CC)CC(N)C(O)CN(CC(C)C)S(=O)(=O)c1ccc(N)cc1. The number of nitrogen functional groups attached to an aromatic ring is 1. The molecule has 5 N–H and O–H groups in total. The molecule has 0 spiro atoms. The smallest absolute Gasteiger partial charge is 0.243 e. The van der Waals surface area contributed by atoms with Gasteiger partial charge in [-0.1, -0.05) is 37.6 Å². The molecule has 0 aliphatic carbocycles. The Labute approximate surface area is 163 Å². The Hall–Kier alpha value is -1.67. The first-order valence-corrected chi connectivity index (χ1v) is 10.6. The predicted octanol–water partition coefficient (Wildman–Crippen LogP) is 2.52. The van der Waals surface area contributed by atoms with E-state index < -0.39 is 22.2 Å². The minimum absolute atomic E-state index is 0.0567. The summed E-state index contributed by atoms with van der Waals surface area (Å²) in [6.45, 7) is 7.92. The number of nitrogens with zero attached hydrogens (tertiary/aromatic N) is 1. The highest BCUT2D eigenvalue weighted by Gasteiger charge is 2.29. The van der Waals surface area contributed by atoms with Crippen LogP contribution in [-0.4, -0.2) is 43.1 Å². The lowest BCUT2D eigenvalue weighted by Gasteiger charge is -2.29. The second-order valence-electron chi connectivity index (χ2n) is 7.08. The molecule has 0 fully saturated rings. The van der Waals surface area contributed by atoms with Crippen LogP contribution in [0.25, 0.3) is 0 Å². The summed E-state index contributed by atoms with van der Waals surface area (Å²) >= 11 is 0. The molecule has 0 aliphatic heterocycles. The van der Waals surface area contributed by atoms with Gasteiger partial charge in [0.2, 0.25) is 10.0 Å². The number of sulfonamides is 1. The van der Waals surface area contributed by atoms with Crippen LogP contribution in [0.4, 0.5) is 5.69 Å². The Balaban J connectivity index is 3.01. The first kappa shape index (κ1) is 23.4. The third kappa shape index (κ3) is 7.10. The van der Waals surface area contributed by atoms with E-state index in [0.717, 1.165) is 5.57 Å². The van der Waals surface area contributed by atoms with E-state index in [1.807, 2.05) is 45.9 Å². The molecule has 0 aromatic heterocycles. The van der Waals surface area contributed by atoms with E-state index in [-0.39, 0.29) is 17.4 Å². The number of benzene rings is 1. The van der Waals surface area contributed by atoms with Crippen molar-refractivity contribution >= 4 is 15.7 Å². The topological polar surface area (TPSA) is 110 Å². The molecule has 0 radical (unpaired) electrons. The number of hydrogen-bond donors (Lipinski definition) is 3. The summed E-state index contributed by atoms with van der Waals surface area (Å²) in [5.41, 5.74) is 13.3. The lowest BCUT2D eigenvalue weighted by atomic mass is 10.0. The Morgan fingerprint density at radius 1 is 1.19 bits per heavy atom. The third-order valence-electron chi connectivity index (χ3n) is 4.19. The standard InChI is InChI=1S/C20H33N3O3S/c1-5-7-16(6-2)12-19(22)20(24)14-23(13-15(3)4)27(25,26)18-10-8-17(21)9-11-18/h5-11,15,19-20,24H,12-14,21-22H2,1-4H3. The number of nitrogens with two attached hydrogens (primary N) is 2. The molecule has 1 aromatic rings. The van der Waals surface area contributed by atoms with E-state index in [1.54, 1.807) is 12.1 Å². The third-order valence-corrected chi connectivity index (χ3v) is 6.04. The molecule has 27 heavy (non-hydrogen) atoms. The molecule has 152 valence electrons. The molecule has 0 saturated heterocycles. The van der Waals surface area contributed by atoms with Crippen LogP contribution in [0.3, 0.4) is 0 Å². The number of hydrogen-bond acceptors (Lipinski definition) is 5. The summed E-state index contributed by atoms with van der Waals surface area (Å²) < 4.78 is 27.4. The molecular formula is C20H33N3O3S. The molecule has 0 heterocycles. The fourth-order valence-corrected chi connectivity index (χ4v) is 4.34. The van der Waals surface area contributed by atoms with Crippen molar-refractivity contribution in [2.24, 2.45) is 11.7 Å². The van der Waals surface area contributed by atoms with Gasteiger partial charge in [-0.05, 0) is 50.5 Å². The van der Waals surface area contributed by atoms with Gasteiger partial charge in [-0.2, -0.15) is 4.31 Å². The van der Waals surface area contributed by atoms with Gasteiger partial charge in [-0.15, -0.1) is 0 Å². The van der Waals surface area contributed by atoms with Gasteiger partial charge in [-0.3, -0.25) is 0 Å². The minimum atomic E-state index is -3.75. The van der Waals surface area contributed by atoms with Crippen molar-refractivity contribution < 1.29 is 13.5 Å². The van der Waals surface area contributed by atoms with Gasteiger partial charge in [0.25, 0.3) is 0 Å². The molecule has 0 amide bonds. The van der Waals surface area contributed by atoms with Crippen LogP contribution in [0.1, 0.15) is 34.1 Å². The summed E-state index contributed by atoms with van der Waals surface area (Å²) in [4.78, 5) is 0.154. The molecule has 7 heteroatoms. The minimum Gasteiger partial charge on any atom is -0.399 e. The second-order valence-corrected chi connectivity index (χ2v) is 9.02. The Morgan fingerprint density at radius 2 is 1.78 bits per heavy atom. The van der Waals surface area contributed by atoms with Crippen molar-refractivity contribution in [1.29, 1.82) is 0 Å². The van der Waals surface area contributed by atoms with Crippen molar-refractivity contribution in [1.82, 2.24) is 4.31 Å². The van der Waals surface area contributed by atoms with E-state index in [1.165, 1.54) is 16.4 Å². The highest BCUT2D eigenvalue weighted by molar-refractivity contribution is 7.89. The maximum Gasteiger partial charge on any atom is 0.243 e. The fraction of sp³-hybridized carbons (Fsp3) is 0.500. The quantitative estimate of drug-likeness (QED) is 0.416. The zero-order chi connectivity index (χ0) is 20.6. The number of aliphatic hydroxyl groups excluding tert-OH is 1. The van der Waals surface area contributed by atoms with Crippen LogP contribution in [0.2, 0.25) is 0 Å². The number of anilines is 1. The first-order chi connectivity index (χ1) is 12.6. The van der Waals surface area contributed by atoms with Crippen molar-refractivity contribution in [3.05, 3.63) is 48.1 Å². The first-order valence-electron chi connectivity index (χ1n) is 9.19. The van der Waals surface area contributed by atoms with E-state index >= 15 is 0 Å². The molecular weight excluding hydrogens is 362 g/mol. The lowest BCUT2D eigenvalue weighted by molar-refractivity contribution is 0.116. The van der Waals surface area contributed by atoms with Crippen molar-refractivity contribution in [2.45, 2.75) is 51.2 Å². The number of rotatable bonds is 10. The van der Waals surface area contributed by atoms with Gasteiger partial charge >= 0.3 is 0 Å². The summed E-state index contributed by atoms with van der Waals surface area (Å²) in [5, 5.41) is 10.6. The number of allylic oxidation sites excluding steroid dienone is 3. The average molecular weight is 396 g/mol. The molecule has 2 atom stereocenters. The maximum absolute atomic E-state index is 13.0. The molecule has 1 rings (SSSR count). The Kier molecular flexibility index (Phi) is 9.18. The largest absolute Gasteiger partial charge is 0.399 e. The zero-order valence-corrected chi connectivity index (χ0v) is 17.5. The summed E-state index contributed by atoms with van der Waals surface area (Å²) in [5.74, 6) is 0.103. The molecule has 0 saturated carbocycles. The van der Waals surface area contributed by atoms with Crippen molar-refractivity contribution in [2.75, 3.05) is 18.8 Å².